The number of allylic oxidation sites excluding steroid dienone is 1. The zero-order chi connectivity index (χ0) is 22.1. The van der Waals surface area contributed by atoms with E-state index in [0.29, 0.717) is 25.7 Å². The van der Waals surface area contributed by atoms with E-state index in [2.05, 4.69) is 65.3 Å². The Hall–Kier alpha value is -2.71. The van der Waals surface area contributed by atoms with Crippen LogP contribution in [0, 0.1) is 0 Å². The average Bonchev–Trinajstić information content (AvgIpc) is 3.11. The molecule has 4 rings (SSSR count). The summed E-state index contributed by atoms with van der Waals surface area (Å²) in [5.74, 6) is 0.566. The Morgan fingerprint density at radius 3 is 2.52 bits per heavy atom. The van der Waals surface area contributed by atoms with Gasteiger partial charge in [0.1, 0.15) is 0 Å². The number of nitrogens with one attached hydrogen (secondary N) is 1. The highest BCUT2D eigenvalue weighted by molar-refractivity contribution is 5.85. The number of carbonyl (C=O) groups is 1. The predicted molar refractivity (Wildman–Crippen MR) is 122 cm³/mol. The first-order chi connectivity index (χ1) is 14.9. The molecule has 2 aliphatic heterocycles. The van der Waals surface area contributed by atoms with Crippen LogP contribution < -0.4 is 5.32 Å². The number of amides is 2. The fraction of sp³-hybridized carbons (Fsp3) is 0.522. The summed E-state index contributed by atoms with van der Waals surface area (Å²) in [6.45, 7) is 8.99. The molecule has 8 nitrogen and oxygen atoms in total. The van der Waals surface area contributed by atoms with Gasteiger partial charge in [-0.3, -0.25) is 9.80 Å². The molecule has 0 bridgehead atoms. The Morgan fingerprint density at radius 2 is 1.90 bits per heavy atom. The molecule has 1 saturated carbocycles. The van der Waals surface area contributed by atoms with E-state index >= 15 is 0 Å². The van der Waals surface area contributed by atoms with Crippen molar-refractivity contribution < 1.29 is 9.53 Å². The molecule has 31 heavy (non-hydrogen) atoms. The Kier molecular flexibility index (Phi) is 5.85. The highest BCUT2D eigenvalue weighted by atomic mass is 16.5. The average molecular weight is 425 g/mol. The molecule has 2 saturated heterocycles. The number of rotatable bonds is 4. The van der Waals surface area contributed by atoms with Crippen LogP contribution in [-0.2, 0) is 10.3 Å². The van der Waals surface area contributed by atoms with Gasteiger partial charge in [0.2, 0.25) is 5.96 Å². The topological polar surface area (TPSA) is 72.8 Å². The van der Waals surface area contributed by atoms with Crippen molar-refractivity contribution in [3.8, 4) is 0 Å². The van der Waals surface area contributed by atoms with Gasteiger partial charge in [-0.15, -0.1) is 0 Å². The van der Waals surface area contributed by atoms with E-state index in [1.54, 1.807) is 11.1 Å². The second-order valence-electron chi connectivity index (χ2n) is 8.90. The molecule has 166 valence electrons. The van der Waals surface area contributed by atoms with Crippen LogP contribution in [-0.4, -0.2) is 85.9 Å². The molecular formula is C23H32N6O2. The number of benzene rings is 1. The Morgan fingerprint density at radius 1 is 1.23 bits per heavy atom. The maximum Gasteiger partial charge on any atom is 0.322 e. The van der Waals surface area contributed by atoms with Gasteiger partial charge >= 0.3 is 6.03 Å². The second-order valence-corrected chi connectivity index (χ2v) is 8.90. The lowest BCUT2D eigenvalue weighted by molar-refractivity contribution is -0.0217. The highest BCUT2D eigenvalue weighted by Crippen LogP contribution is 2.53. The predicted octanol–water partition coefficient (Wildman–Crippen LogP) is 2.25. The van der Waals surface area contributed by atoms with Gasteiger partial charge in [0.05, 0.1) is 37.0 Å². The lowest BCUT2D eigenvalue weighted by atomic mass is 9.59. The van der Waals surface area contributed by atoms with Gasteiger partial charge in [-0.2, -0.15) is 0 Å². The monoisotopic (exact) mass is 424 g/mol. The summed E-state index contributed by atoms with van der Waals surface area (Å²) >= 11 is 0. The van der Waals surface area contributed by atoms with Crippen LogP contribution in [0.15, 0.2) is 52.2 Å². The van der Waals surface area contributed by atoms with Crippen LogP contribution in [0.5, 0.6) is 0 Å². The smallest absolute Gasteiger partial charge is 0.322 e. The van der Waals surface area contributed by atoms with Crippen molar-refractivity contribution >= 4 is 18.7 Å². The summed E-state index contributed by atoms with van der Waals surface area (Å²) in [6, 6.07) is 10.5. The first-order valence-corrected chi connectivity index (χ1v) is 10.8. The van der Waals surface area contributed by atoms with Gasteiger partial charge in [0.15, 0.2) is 0 Å². The molecule has 1 aromatic carbocycles. The lowest BCUT2D eigenvalue weighted by Gasteiger charge is -2.57. The minimum Gasteiger partial charge on any atom is -0.378 e. The van der Waals surface area contributed by atoms with Crippen molar-refractivity contribution in [1.82, 2.24) is 20.0 Å². The van der Waals surface area contributed by atoms with E-state index in [0.717, 1.165) is 31.6 Å². The quantitative estimate of drug-likeness (QED) is 0.594. The Labute approximate surface area is 184 Å². The van der Waals surface area contributed by atoms with Crippen LogP contribution in [0.25, 0.3) is 0 Å². The van der Waals surface area contributed by atoms with E-state index < -0.39 is 0 Å². The number of hydrogen-bond donors (Lipinski definition) is 1. The molecule has 1 spiro atoms. The van der Waals surface area contributed by atoms with Crippen molar-refractivity contribution in [2.75, 3.05) is 46.9 Å². The molecule has 1 aromatic rings. The molecule has 0 aromatic heterocycles. The normalized spacial score (nSPS) is 29.4. The summed E-state index contributed by atoms with van der Waals surface area (Å²) in [4.78, 5) is 27.5. The Balaban J connectivity index is 1.47. The van der Waals surface area contributed by atoms with Gasteiger partial charge in [0, 0.05) is 18.8 Å². The molecule has 0 atom stereocenters. The van der Waals surface area contributed by atoms with Gasteiger partial charge in [-0.25, -0.2) is 14.8 Å². The highest BCUT2D eigenvalue weighted by Gasteiger charge is 2.61. The van der Waals surface area contributed by atoms with Gasteiger partial charge < -0.3 is 15.0 Å². The van der Waals surface area contributed by atoms with Crippen LogP contribution >= 0.6 is 0 Å². The summed E-state index contributed by atoms with van der Waals surface area (Å²) in [6.07, 6.45) is 3.47. The van der Waals surface area contributed by atoms with Crippen molar-refractivity contribution in [2.24, 2.45) is 9.98 Å². The molecule has 2 amide bonds. The van der Waals surface area contributed by atoms with Crippen LogP contribution in [0.3, 0.4) is 0 Å². The maximum atomic E-state index is 12.8. The standard InChI is InChI=1S/C23H32N6O2/c1-18(14-25-20(24-2)28-10-12-31-13-11-28)29-17-22(26-21(29)30)15-23(16-22,27(3)4)19-8-6-5-7-9-19/h5-9,14H,2,10-13,15-17H2,1,3-4H3,(H,26,30)/b18-14+,25-20+/t22-,23+. The van der Waals surface area contributed by atoms with E-state index in [9.17, 15) is 4.79 Å². The molecule has 3 fully saturated rings. The molecule has 0 radical (unpaired) electrons. The minimum absolute atomic E-state index is 0.0589. The molecule has 1 aliphatic carbocycles. The van der Waals surface area contributed by atoms with Crippen molar-refractivity contribution in [2.45, 2.75) is 30.8 Å². The van der Waals surface area contributed by atoms with E-state index in [1.165, 1.54) is 5.56 Å². The largest absolute Gasteiger partial charge is 0.378 e. The van der Waals surface area contributed by atoms with Crippen LogP contribution in [0.2, 0.25) is 0 Å². The first kappa shape index (κ1) is 21.5. The number of aliphatic imine (C=N–C) groups is 2. The summed E-state index contributed by atoms with van der Waals surface area (Å²) < 4.78 is 5.38. The van der Waals surface area contributed by atoms with E-state index in [4.69, 9.17) is 4.74 Å². The molecule has 2 heterocycles. The summed E-state index contributed by atoms with van der Waals surface area (Å²) in [7, 11) is 4.23. The molecule has 0 unspecified atom stereocenters. The van der Waals surface area contributed by atoms with Crippen LogP contribution in [0.1, 0.15) is 25.3 Å². The van der Waals surface area contributed by atoms with E-state index in [1.807, 2.05) is 17.9 Å². The fourth-order valence-corrected chi connectivity index (χ4v) is 4.99. The molecule has 3 aliphatic rings. The number of nitrogens with zero attached hydrogens (tertiary/aromatic N) is 5. The fourth-order valence-electron chi connectivity index (χ4n) is 4.99. The Bertz CT molecular complexity index is 883. The first-order valence-electron chi connectivity index (χ1n) is 10.8. The van der Waals surface area contributed by atoms with Crippen molar-refractivity contribution in [3.05, 3.63) is 47.8 Å². The van der Waals surface area contributed by atoms with Crippen molar-refractivity contribution in [3.63, 3.8) is 0 Å². The third-order valence-corrected chi connectivity index (χ3v) is 6.73. The third-order valence-electron chi connectivity index (χ3n) is 6.73. The SMILES string of the molecule is C=N/C(=N\C=C(/C)N1C[C@]2(C[C@](c3ccccc3)(N(C)C)C2)NC1=O)N1CCOCC1. The summed E-state index contributed by atoms with van der Waals surface area (Å²) in [5, 5.41) is 3.25. The summed E-state index contributed by atoms with van der Waals surface area (Å²) in [5.41, 5.74) is 1.81. The number of morpholine rings is 1. The van der Waals surface area contributed by atoms with E-state index in [-0.39, 0.29) is 17.1 Å². The third kappa shape index (κ3) is 3.97. The zero-order valence-electron chi connectivity index (χ0n) is 18.7. The minimum atomic E-state index is -0.222. The lowest BCUT2D eigenvalue weighted by Crippen LogP contribution is -2.66. The number of ether oxygens (including phenoxy) is 1. The molecular weight excluding hydrogens is 392 g/mol. The molecule has 1 N–H and O–H groups in total. The second kappa shape index (κ2) is 8.43. The number of guanidine groups is 1. The van der Waals surface area contributed by atoms with Gasteiger partial charge in [-0.1, -0.05) is 30.3 Å². The van der Waals surface area contributed by atoms with Gasteiger partial charge in [0.25, 0.3) is 0 Å². The van der Waals surface area contributed by atoms with Gasteiger partial charge in [-0.05, 0) is 46.1 Å². The van der Waals surface area contributed by atoms with Crippen molar-refractivity contribution in [1.29, 1.82) is 0 Å². The maximum absolute atomic E-state index is 12.8. The van der Waals surface area contributed by atoms with Crippen LogP contribution in [0.4, 0.5) is 4.79 Å². The number of urea groups is 1. The number of hydrogen-bond acceptors (Lipinski definition) is 4. The molecule has 8 heteroatoms. The number of carbonyl (C=O) groups excluding carboxylic acids is 1. The zero-order valence-corrected chi connectivity index (χ0v) is 18.7.